The number of anilines is 1. The van der Waals surface area contributed by atoms with E-state index in [1.165, 1.54) is 24.3 Å². The lowest BCUT2D eigenvalue weighted by Gasteiger charge is -2.60. The Morgan fingerprint density at radius 1 is 1.14 bits per heavy atom. The number of carbonyl (C=O) groups excluding carboxylic acids is 2. The quantitative estimate of drug-likeness (QED) is 0.674. The summed E-state index contributed by atoms with van der Waals surface area (Å²) in [6, 6.07) is 5.47. The first-order valence-corrected chi connectivity index (χ1v) is 9.95. The highest BCUT2D eigenvalue weighted by Crippen LogP contribution is 2.62. The number of esters is 1. The van der Waals surface area contributed by atoms with Gasteiger partial charge in [0.05, 0.1) is 12.0 Å². The summed E-state index contributed by atoms with van der Waals surface area (Å²) in [7, 11) is 0. The second-order valence-corrected chi connectivity index (χ2v) is 8.97. The van der Waals surface area contributed by atoms with Crippen LogP contribution in [0.5, 0.6) is 5.75 Å². The molecule has 4 atom stereocenters. The third kappa shape index (κ3) is 4.69. The minimum absolute atomic E-state index is 0.0124. The fraction of sp³-hybridized carbons (Fsp3) is 0.619. The van der Waals surface area contributed by atoms with Gasteiger partial charge in [0.1, 0.15) is 5.75 Å². The Morgan fingerprint density at radius 3 is 2.38 bits per heavy atom. The Hall–Kier alpha value is -2.22. The number of ether oxygens (including phenoxy) is 2. The third-order valence-corrected chi connectivity index (χ3v) is 6.40. The van der Waals surface area contributed by atoms with Crippen molar-refractivity contribution in [3.8, 4) is 5.75 Å². The maximum Gasteiger partial charge on any atom is 0.387 e. The fourth-order valence-electron chi connectivity index (χ4n) is 6.03. The number of amides is 1. The molecule has 1 amide bonds. The molecule has 4 aliphatic rings. The average molecular weight is 409 g/mol. The lowest BCUT2D eigenvalue weighted by atomic mass is 9.47. The van der Waals surface area contributed by atoms with Crippen LogP contribution in [0.1, 0.15) is 44.9 Å². The molecule has 2 N–H and O–H groups in total. The largest absolute Gasteiger partial charge is 0.456 e. The van der Waals surface area contributed by atoms with E-state index < -0.39 is 30.7 Å². The molecule has 0 saturated heterocycles. The van der Waals surface area contributed by atoms with E-state index in [4.69, 9.17) is 4.74 Å². The van der Waals surface area contributed by atoms with Crippen LogP contribution < -0.4 is 10.1 Å². The van der Waals surface area contributed by atoms with E-state index in [1.54, 1.807) is 0 Å². The van der Waals surface area contributed by atoms with Gasteiger partial charge in [-0.1, -0.05) is 0 Å². The number of nitrogens with one attached hydrogen (secondary N) is 1. The molecule has 0 spiro atoms. The molecule has 1 aromatic carbocycles. The van der Waals surface area contributed by atoms with Crippen LogP contribution in [0.25, 0.3) is 0 Å². The van der Waals surface area contributed by atoms with Crippen molar-refractivity contribution >= 4 is 17.6 Å². The summed E-state index contributed by atoms with van der Waals surface area (Å²) in [5, 5.41) is 13.3. The van der Waals surface area contributed by atoms with Crippen LogP contribution in [0.4, 0.5) is 14.5 Å². The molecule has 1 aromatic rings. The minimum Gasteiger partial charge on any atom is -0.456 e. The van der Waals surface area contributed by atoms with Gasteiger partial charge in [0.2, 0.25) is 0 Å². The average Bonchev–Trinajstić information content (AvgIpc) is 2.59. The lowest BCUT2D eigenvalue weighted by Crippen LogP contribution is -2.56. The van der Waals surface area contributed by atoms with Gasteiger partial charge in [-0.15, -0.1) is 0 Å². The molecule has 4 aliphatic carbocycles. The van der Waals surface area contributed by atoms with Crippen LogP contribution in [0.3, 0.4) is 0 Å². The van der Waals surface area contributed by atoms with Crippen LogP contribution >= 0.6 is 0 Å². The minimum atomic E-state index is -2.91. The van der Waals surface area contributed by atoms with Crippen molar-refractivity contribution in [2.75, 3.05) is 11.9 Å². The van der Waals surface area contributed by atoms with Gasteiger partial charge in [0, 0.05) is 5.69 Å². The number of hydrogen-bond donors (Lipinski definition) is 2. The molecule has 2 unspecified atom stereocenters. The molecular formula is C21H25F2NO5. The highest BCUT2D eigenvalue weighted by Gasteiger charge is 2.57. The molecule has 29 heavy (non-hydrogen) atoms. The van der Waals surface area contributed by atoms with Crippen molar-refractivity contribution < 1.29 is 33.0 Å². The zero-order valence-electron chi connectivity index (χ0n) is 16.0. The van der Waals surface area contributed by atoms with Crippen molar-refractivity contribution in [3.63, 3.8) is 0 Å². The van der Waals surface area contributed by atoms with E-state index in [9.17, 15) is 23.5 Å². The number of halogens is 2. The van der Waals surface area contributed by atoms with Crippen LogP contribution in [-0.4, -0.2) is 35.8 Å². The summed E-state index contributed by atoms with van der Waals surface area (Å²) in [5.41, 5.74) is -0.453. The molecule has 6 nitrogen and oxygen atoms in total. The Bertz CT molecular complexity index is 768. The Labute approximate surface area is 167 Å². The summed E-state index contributed by atoms with van der Waals surface area (Å²) in [4.78, 5) is 24.4. The van der Waals surface area contributed by atoms with Crippen molar-refractivity contribution in [3.05, 3.63) is 24.3 Å². The summed E-state index contributed by atoms with van der Waals surface area (Å²) in [5.74, 6) is 0.0156. The Morgan fingerprint density at radius 2 is 1.79 bits per heavy atom. The number of benzene rings is 1. The third-order valence-electron chi connectivity index (χ3n) is 6.40. The van der Waals surface area contributed by atoms with E-state index in [-0.39, 0.29) is 17.6 Å². The molecule has 4 saturated carbocycles. The number of carbonyl (C=O) groups is 2. The van der Waals surface area contributed by atoms with Crippen molar-refractivity contribution in [1.82, 2.24) is 0 Å². The molecule has 8 heteroatoms. The first kappa shape index (κ1) is 20.1. The van der Waals surface area contributed by atoms with Crippen LogP contribution in [0.15, 0.2) is 24.3 Å². The van der Waals surface area contributed by atoms with Gasteiger partial charge in [0.25, 0.3) is 5.91 Å². The van der Waals surface area contributed by atoms with Gasteiger partial charge in [-0.05, 0) is 80.0 Å². The summed E-state index contributed by atoms with van der Waals surface area (Å²) in [6.45, 7) is -3.33. The van der Waals surface area contributed by atoms with E-state index in [0.717, 1.165) is 32.1 Å². The number of rotatable bonds is 7. The summed E-state index contributed by atoms with van der Waals surface area (Å²) < 4.78 is 33.7. The molecule has 0 aliphatic heterocycles. The van der Waals surface area contributed by atoms with Crippen molar-refractivity contribution in [2.24, 2.45) is 17.3 Å². The maximum absolute atomic E-state index is 12.4. The van der Waals surface area contributed by atoms with Gasteiger partial charge in [-0.25, -0.2) is 0 Å². The van der Waals surface area contributed by atoms with E-state index >= 15 is 0 Å². The van der Waals surface area contributed by atoms with Gasteiger partial charge in [0.15, 0.2) is 6.61 Å². The molecule has 4 bridgehead atoms. The molecule has 5 rings (SSSR count). The topological polar surface area (TPSA) is 84.9 Å². The molecule has 0 radical (unpaired) electrons. The molecule has 0 aromatic heterocycles. The normalized spacial score (nSPS) is 32.3. The van der Waals surface area contributed by atoms with E-state index in [0.29, 0.717) is 23.9 Å². The SMILES string of the molecule is O=C(COC(=O)CC12C[C@@H]3C[C@@H](CC(O)(C3)C1)C2)Nc1ccc(OC(F)F)cc1. The first-order chi connectivity index (χ1) is 13.7. The second-order valence-electron chi connectivity index (χ2n) is 8.97. The van der Waals surface area contributed by atoms with Gasteiger partial charge in [-0.3, -0.25) is 9.59 Å². The molecular weight excluding hydrogens is 384 g/mol. The van der Waals surface area contributed by atoms with Gasteiger partial charge < -0.3 is 19.9 Å². The Kier molecular flexibility index (Phi) is 5.23. The fourth-order valence-corrected chi connectivity index (χ4v) is 6.03. The van der Waals surface area contributed by atoms with E-state index in [2.05, 4.69) is 10.1 Å². The van der Waals surface area contributed by atoms with Gasteiger partial charge in [-0.2, -0.15) is 8.78 Å². The zero-order valence-corrected chi connectivity index (χ0v) is 16.0. The molecule has 0 heterocycles. The van der Waals surface area contributed by atoms with Crippen molar-refractivity contribution in [2.45, 2.75) is 57.2 Å². The van der Waals surface area contributed by atoms with Gasteiger partial charge >= 0.3 is 12.6 Å². The number of aliphatic hydroxyl groups is 1. The standard InChI is InChI=1S/C21H25F2NO5/c22-19(23)29-16-3-1-15(2-4-16)24-17(25)11-28-18(26)10-20-6-13-5-14(7-20)9-21(27,8-13)12-20/h1-4,13-14,19,27H,5-12H2,(H,24,25)/t13-,14+,20?,21?. The van der Waals surface area contributed by atoms with Crippen LogP contribution in [0.2, 0.25) is 0 Å². The van der Waals surface area contributed by atoms with E-state index in [1.807, 2.05) is 0 Å². The zero-order chi connectivity index (χ0) is 20.6. The van der Waals surface area contributed by atoms with Crippen LogP contribution in [0, 0.1) is 17.3 Å². The molecule has 158 valence electrons. The number of alkyl halides is 2. The van der Waals surface area contributed by atoms with Crippen molar-refractivity contribution in [1.29, 1.82) is 0 Å². The second kappa shape index (κ2) is 7.55. The molecule has 4 fully saturated rings. The first-order valence-electron chi connectivity index (χ1n) is 9.95. The summed E-state index contributed by atoms with van der Waals surface area (Å²) in [6.07, 6.45) is 5.58. The summed E-state index contributed by atoms with van der Waals surface area (Å²) >= 11 is 0. The predicted molar refractivity (Wildman–Crippen MR) is 99.3 cm³/mol. The van der Waals surface area contributed by atoms with Crippen LogP contribution in [-0.2, 0) is 14.3 Å². The Balaban J connectivity index is 1.25. The number of hydrogen-bond acceptors (Lipinski definition) is 5. The predicted octanol–water partition coefficient (Wildman–Crippen LogP) is 3.49. The maximum atomic E-state index is 12.4. The highest BCUT2D eigenvalue weighted by molar-refractivity contribution is 5.92. The smallest absolute Gasteiger partial charge is 0.387 e. The lowest BCUT2D eigenvalue weighted by molar-refractivity contribution is -0.177. The monoisotopic (exact) mass is 409 g/mol. The highest BCUT2D eigenvalue weighted by atomic mass is 19.3.